The number of fused-ring (bicyclic) bond motifs is 2. The maximum absolute atomic E-state index is 4.53. The molecular weight excluding hydrogens is 320 g/mol. The predicted molar refractivity (Wildman–Crippen MR) is 92.5 cm³/mol. The molecule has 0 atom stereocenters. The average Bonchev–Trinajstić information content (AvgIpc) is 3.35. The third kappa shape index (κ3) is 2.17. The monoisotopic (exact) mass is 332 g/mol. The second kappa shape index (κ2) is 5.24. The van der Waals surface area contributed by atoms with Gasteiger partial charge in [-0.15, -0.1) is 11.3 Å². The van der Waals surface area contributed by atoms with E-state index >= 15 is 0 Å². The molecule has 4 heterocycles. The van der Waals surface area contributed by atoms with Gasteiger partial charge in [-0.05, 0) is 23.8 Å². The number of thiazole rings is 1. The summed E-state index contributed by atoms with van der Waals surface area (Å²) >= 11 is 1.67. The minimum Gasteiger partial charge on any atom is -0.304 e. The number of pyridine rings is 1. The van der Waals surface area contributed by atoms with Crippen LogP contribution in [0.4, 0.5) is 0 Å². The maximum atomic E-state index is 4.53. The van der Waals surface area contributed by atoms with E-state index in [1.54, 1.807) is 22.3 Å². The van der Waals surface area contributed by atoms with Crippen molar-refractivity contribution in [1.82, 2.24) is 29.1 Å². The molecule has 0 saturated carbocycles. The summed E-state index contributed by atoms with van der Waals surface area (Å²) in [5, 5.41) is 4.16. The number of benzene rings is 1. The van der Waals surface area contributed by atoms with E-state index in [1.165, 1.54) is 16.6 Å². The van der Waals surface area contributed by atoms with E-state index in [-0.39, 0.29) is 0 Å². The third-order valence-corrected chi connectivity index (χ3v) is 4.83. The minimum atomic E-state index is 0.831. The summed E-state index contributed by atoms with van der Waals surface area (Å²) in [6.07, 6.45) is 7.99. The topological polar surface area (TPSA) is 60.9 Å². The maximum Gasteiger partial charge on any atom is 0.139 e. The van der Waals surface area contributed by atoms with E-state index in [0.717, 1.165) is 29.0 Å². The van der Waals surface area contributed by atoms with Gasteiger partial charge in [-0.1, -0.05) is 6.07 Å². The van der Waals surface area contributed by atoms with Crippen molar-refractivity contribution in [2.24, 2.45) is 0 Å². The fourth-order valence-corrected chi connectivity index (χ4v) is 3.60. The quantitative estimate of drug-likeness (QED) is 0.509. The number of rotatable bonds is 3. The molecular formula is C17H12N6S. The summed E-state index contributed by atoms with van der Waals surface area (Å²) in [5.74, 6) is 0. The highest BCUT2D eigenvalue weighted by Gasteiger charge is 2.07. The molecule has 5 rings (SSSR count). The molecule has 7 heteroatoms. The number of imidazole rings is 1. The molecule has 116 valence electrons. The Hall–Kier alpha value is -3.06. The van der Waals surface area contributed by atoms with Gasteiger partial charge in [0.2, 0.25) is 0 Å². The van der Waals surface area contributed by atoms with Gasteiger partial charge in [-0.25, -0.2) is 19.6 Å². The molecule has 0 saturated heterocycles. The first-order valence-electron chi connectivity index (χ1n) is 7.50. The van der Waals surface area contributed by atoms with Crippen molar-refractivity contribution in [3.05, 3.63) is 72.1 Å². The van der Waals surface area contributed by atoms with Gasteiger partial charge in [0.25, 0.3) is 0 Å². The van der Waals surface area contributed by atoms with Gasteiger partial charge in [-0.2, -0.15) is 5.10 Å². The van der Waals surface area contributed by atoms with Gasteiger partial charge in [0.1, 0.15) is 18.3 Å². The molecule has 5 aromatic rings. The van der Waals surface area contributed by atoms with Crippen molar-refractivity contribution in [2.45, 2.75) is 6.42 Å². The van der Waals surface area contributed by atoms with Gasteiger partial charge in [-0.3, -0.25) is 0 Å². The van der Waals surface area contributed by atoms with E-state index in [0.29, 0.717) is 0 Å². The lowest BCUT2D eigenvalue weighted by Gasteiger charge is -2.05. The summed E-state index contributed by atoms with van der Waals surface area (Å²) in [5.41, 5.74) is 7.20. The van der Waals surface area contributed by atoms with Crippen LogP contribution in [0.2, 0.25) is 0 Å². The van der Waals surface area contributed by atoms with Gasteiger partial charge in [0.05, 0.1) is 21.4 Å². The van der Waals surface area contributed by atoms with Crippen molar-refractivity contribution >= 4 is 27.2 Å². The fraction of sp³-hybridized carbons (Fsp3) is 0.0588. The van der Waals surface area contributed by atoms with Crippen LogP contribution in [0.3, 0.4) is 0 Å². The van der Waals surface area contributed by atoms with Gasteiger partial charge in [0.15, 0.2) is 0 Å². The molecule has 0 aliphatic carbocycles. The molecule has 0 aliphatic rings. The fourth-order valence-electron chi connectivity index (χ4n) is 2.86. The molecule has 0 aliphatic heterocycles. The number of hydrogen-bond donors (Lipinski definition) is 0. The second-order valence-corrected chi connectivity index (χ2v) is 6.42. The summed E-state index contributed by atoms with van der Waals surface area (Å²) in [6, 6.07) is 10.4. The van der Waals surface area contributed by atoms with Gasteiger partial charge >= 0.3 is 0 Å². The first-order chi connectivity index (χ1) is 11.9. The Labute approximate surface area is 141 Å². The lowest BCUT2D eigenvalue weighted by atomic mass is 10.1. The van der Waals surface area contributed by atoms with Crippen LogP contribution in [0, 0.1) is 0 Å². The Kier molecular flexibility index (Phi) is 2.92. The lowest BCUT2D eigenvalue weighted by Crippen LogP contribution is -1.98. The molecule has 6 nitrogen and oxygen atoms in total. The standard InChI is InChI=1S/C17H12N6S/c1-2-15-16(24-11-20-15)6-12(1)5-14-8-19-17-7-13(3-4-22(14)17)23-10-18-9-21-23/h1-4,6-11H,5H2. The summed E-state index contributed by atoms with van der Waals surface area (Å²) in [7, 11) is 0. The number of hydrogen-bond acceptors (Lipinski definition) is 5. The van der Waals surface area contributed by atoms with Gasteiger partial charge < -0.3 is 4.40 Å². The van der Waals surface area contributed by atoms with Crippen LogP contribution in [-0.2, 0) is 6.42 Å². The molecule has 0 N–H and O–H groups in total. The highest BCUT2D eigenvalue weighted by atomic mass is 32.1. The Bertz CT molecular complexity index is 1140. The normalized spacial score (nSPS) is 11.5. The van der Waals surface area contributed by atoms with Crippen LogP contribution in [0.5, 0.6) is 0 Å². The SMILES string of the molecule is c1ncn(-c2ccn3c(Cc4ccc5ncsc5c4)cnc3c2)n1. The van der Waals surface area contributed by atoms with Crippen LogP contribution < -0.4 is 0 Å². The zero-order valence-corrected chi connectivity index (χ0v) is 13.4. The Morgan fingerprint density at radius 3 is 3.00 bits per heavy atom. The highest BCUT2D eigenvalue weighted by molar-refractivity contribution is 7.16. The van der Waals surface area contributed by atoms with Crippen LogP contribution in [0.1, 0.15) is 11.3 Å². The molecule has 0 amide bonds. The van der Waals surface area contributed by atoms with E-state index in [1.807, 2.05) is 30.0 Å². The van der Waals surface area contributed by atoms with Crippen molar-refractivity contribution in [3.63, 3.8) is 0 Å². The zero-order valence-electron chi connectivity index (χ0n) is 12.6. The second-order valence-electron chi connectivity index (χ2n) is 5.53. The smallest absolute Gasteiger partial charge is 0.139 e. The van der Waals surface area contributed by atoms with Crippen LogP contribution >= 0.6 is 11.3 Å². The zero-order chi connectivity index (χ0) is 15.9. The van der Waals surface area contributed by atoms with E-state index < -0.39 is 0 Å². The summed E-state index contributed by atoms with van der Waals surface area (Å²) in [6.45, 7) is 0. The van der Waals surface area contributed by atoms with Crippen molar-refractivity contribution in [2.75, 3.05) is 0 Å². The van der Waals surface area contributed by atoms with E-state index in [2.05, 4.69) is 42.7 Å². The minimum absolute atomic E-state index is 0.831. The molecule has 1 aromatic carbocycles. The first kappa shape index (κ1) is 13.4. The lowest BCUT2D eigenvalue weighted by molar-refractivity contribution is 0.874. The molecule has 0 spiro atoms. The van der Waals surface area contributed by atoms with Crippen molar-refractivity contribution < 1.29 is 0 Å². The summed E-state index contributed by atoms with van der Waals surface area (Å²) in [4.78, 5) is 12.8. The number of nitrogens with zero attached hydrogens (tertiary/aromatic N) is 6. The van der Waals surface area contributed by atoms with E-state index in [9.17, 15) is 0 Å². The average molecular weight is 332 g/mol. The molecule has 0 fully saturated rings. The first-order valence-corrected chi connectivity index (χ1v) is 8.38. The molecule has 0 bridgehead atoms. The Morgan fingerprint density at radius 2 is 2.08 bits per heavy atom. The molecule has 0 radical (unpaired) electrons. The van der Waals surface area contributed by atoms with Crippen LogP contribution in [0.25, 0.3) is 21.6 Å². The Morgan fingerprint density at radius 1 is 1.08 bits per heavy atom. The third-order valence-electron chi connectivity index (χ3n) is 4.04. The molecule has 4 aromatic heterocycles. The van der Waals surface area contributed by atoms with Crippen molar-refractivity contribution in [3.8, 4) is 5.69 Å². The Balaban J connectivity index is 1.52. The van der Waals surface area contributed by atoms with Crippen molar-refractivity contribution in [1.29, 1.82) is 0 Å². The van der Waals surface area contributed by atoms with Crippen LogP contribution in [-0.4, -0.2) is 29.1 Å². The highest BCUT2D eigenvalue weighted by Crippen LogP contribution is 2.21. The van der Waals surface area contributed by atoms with Gasteiger partial charge in [0, 0.05) is 30.6 Å². The van der Waals surface area contributed by atoms with Crippen LogP contribution in [0.15, 0.2) is 60.9 Å². The largest absolute Gasteiger partial charge is 0.304 e. The predicted octanol–water partition coefficient (Wildman–Crippen LogP) is 3.12. The molecule has 24 heavy (non-hydrogen) atoms. The summed E-state index contributed by atoms with van der Waals surface area (Å²) < 4.78 is 5.05. The van der Waals surface area contributed by atoms with E-state index in [4.69, 9.17) is 0 Å². The molecule has 0 unspecified atom stereocenters. The number of aromatic nitrogens is 6.